The molecule has 1 rings (SSSR count). The zero-order chi connectivity index (χ0) is 11.3. The molecule has 1 aromatic carbocycles. The lowest BCUT2D eigenvalue weighted by Crippen LogP contribution is -2.18. The van der Waals surface area contributed by atoms with Crippen molar-refractivity contribution in [1.29, 1.82) is 0 Å². The fraction of sp³-hybridized carbons (Fsp3) is 0.538. The summed E-state index contributed by atoms with van der Waals surface area (Å²) < 4.78 is 0. The fourth-order valence-electron chi connectivity index (χ4n) is 1.54. The lowest BCUT2D eigenvalue weighted by Gasteiger charge is -2.18. The van der Waals surface area contributed by atoms with E-state index in [-0.39, 0.29) is 6.04 Å². The van der Waals surface area contributed by atoms with Gasteiger partial charge in [-0.15, -0.1) is 11.8 Å². The summed E-state index contributed by atoms with van der Waals surface area (Å²) in [4.78, 5) is 1.33. The molecule has 0 bridgehead atoms. The van der Waals surface area contributed by atoms with Crippen LogP contribution in [0.2, 0.25) is 0 Å². The SMILES string of the molecule is CCSc1ccc([C@H](N)C(C)CC)cc1. The molecule has 15 heavy (non-hydrogen) atoms. The molecule has 0 aliphatic rings. The molecule has 0 amide bonds. The van der Waals surface area contributed by atoms with E-state index in [4.69, 9.17) is 5.73 Å². The van der Waals surface area contributed by atoms with Crippen LogP contribution in [0.1, 0.15) is 38.8 Å². The second kappa shape index (κ2) is 6.19. The van der Waals surface area contributed by atoms with E-state index in [0.717, 1.165) is 12.2 Å². The van der Waals surface area contributed by atoms with E-state index in [2.05, 4.69) is 45.0 Å². The highest BCUT2D eigenvalue weighted by molar-refractivity contribution is 7.99. The van der Waals surface area contributed by atoms with Gasteiger partial charge in [-0.2, -0.15) is 0 Å². The molecule has 84 valence electrons. The summed E-state index contributed by atoms with van der Waals surface area (Å²) in [6.45, 7) is 6.56. The fourth-order valence-corrected chi connectivity index (χ4v) is 2.20. The molecule has 1 nitrogen and oxygen atoms in total. The highest BCUT2D eigenvalue weighted by Crippen LogP contribution is 2.24. The van der Waals surface area contributed by atoms with Crippen molar-refractivity contribution >= 4 is 11.8 Å². The number of nitrogens with two attached hydrogens (primary N) is 1. The Hall–Kier alpha value is -0.470. The molecule has 0 saturated heterocycles. The first-order valence-electron chi connectivity index (χ1n) is 5.67. The van der Waals surface area contributed by atoms with Gasteiger partial charge in [-0.05, 0) is 29.4 Å². The Morgan fingerprint density at radius 1 is 1.20 bits per heavy atom. The first kappa shape index (κ1) is 12.6. The monoisotopic (exact) mass is 223 g/mol. The predicted octanol–water partition coefficient (Wildman–Crippen LogP) is 3.84. The maximum Gasteiger partial charge on any atom is 0.0320 e. The summed E-state index contributed by atoms with van der Waals surface area (Å²) in [6.07, 6.45) is 1.13. The number of hydrogen-bond donors (Lipinski definition) is 1. The minimum Gasteiger partial charge on any atom is -0.324 e. The zero-order valence-electron chi connectivity index (χ0n) is 9.86. The Morgan fingerprint density at radius 2 is 1.80 bits per heavy atom. The predicted molar refractivity (Wildman–Crippen MR) is 69.2 cm³/mol. The van der Waals surface area contributed by atoms with Gasteiger partial charge in [0.15, 0.2) is 0 Å². The number of hydrogen-bond acceptors (Lipinski definition) is 2. The summed E-state index contributed by atoms with van der Waals surface area (Å²) in [7, 11) is 0. The van der Waals surface area contributed by atoms with Crippen LogP contribution in [0.4, 0.5) is 0 Å². The average Bonchev–Trinajstić information content (AvgIpc) is 2.28. The molecule has 0 aliphatic carbocycles. The third-order valence-electron chi connectivity index (χ3n) is 2.83. The molecule has 0 aliphatic heterocycles. The van der Waals surface area contributed by atoms with Crippen LogP contribution in [0.5, 0.6) is 0 Å². The van der Waals surface area contributed by atoms with Crippen LogP contribution in [0.3, 0.4) is 0 Å². The summed E-state index contributed by atoms with van der Waals surface area (Å²) in [5, 5.41) is 0. The Morgan fingerprint density at radius 3 is 2.27 bits per heavy atom. The van der Waals surface area contributed by atoms with E-state index >= 15 is 0 Å². The molecular weight excluding hydrogens is 202 g/mol. The van der Waals surface area contributed by atoms with Gasteiger partial charge < -0.3 is 5.73 Å². The number of benzene rings is 1. The van der Waals surface area contributed by atoms with Crippen LogP contribution < -0.4 is 5.73 Å². The minimum absolute atomic E-state index is 0.177. The van der Waals surface area contributed by atoms with Crippen LogP contribution in [0, 0.1) is 5.92 Å². The Kier molecular flexibility index (Phi) is 5.20. The van der Waals surface area contributed by atoms with Crippen LogP contribution in [0.15, 0.2) is 29.2 Å². The smallest absolute Gasteiger partial charge is 0.0320 e. The lowest BCUT2D eigenvalue weighted by atomic mass is 9.93. The second-order valence-electron chi connectivity index (χ2n) is 3.91. The summed E-state index contributed by atoms with van der Waals surface area (Å²) in [6, 6.07) is 8.84. The Bertz CT molecular complexity index is 281. The zero-order valence-corrected chi connectivity index (χ0v) is 10.7. The van der Waals surface area contributed by atoms with Gasteiger partial charge in [0.1, 0.15) is 0 Å². The van der Waals surface area contributed by atoms with E-state index in [9.17, 15) is 0 Å². The van der Waals surface area contributed by atoms with Crippen LogP contribution in [-0.2, 0) is 0 Å². The maximum absolute atomic E-state index is 6.17. The van der Waals surface area contributed by atoms with E-state index < -0.39 is 0 Å². The molecule has 0 spiro atoms. The maximum atomic E-state index is 6.17. The van der Waals surface area contributed by atoms with Gasteiger partial charge in [0.05, 0.1) is 0 Å². The van der Waals surface area contributed by atoms with Crippen molar-refractivity contribution in [1.82, 2.24) is 0 Å². The van der Waals surface area contributed by atoms with Crippen molar-refractivity contribution in [3.63, 3.8) is 0 Å². The standard InChI is InChI=1S/C13H21NS/c1-4-10(3)13(14)11-6-8-12(9-7-11)15-5-2/h6-10,13H,4-5,14H2,1-3H3/t10?,13-/m1/s1. The summed E-state index contributed by atoms with van der Waals surface area (Å²) in [5.74, 6) is 1.67. The highest BCUT2D eigenvalue weighted by atomic mass is 32.2. The van der Waals surface area contributed by atoms with Crippen molar-refractivity contribution in [3.05, 3.63) is 29.8 Å². The molecule has 1 aromatic rings. The second-order valence-corrected chi connectivity index (χ2v) is 5.25. The van der Waals surface area contributed by atoms with Crippen molar-refractivity contribution < 1.29 is 0 Å². The molecule has 2 heteroatoms. The molecule has 1 unspecified atom stereocenters. The van der Waals surface area contributed by atoms with Crippen LogP contribution in [0.25, 0.3) is 0 Å². The molecule has 2 atom stereocenters. The van der Waals surface area contributed by atoms with Gasteiger partial charge in [-0.3, -0.25) is 0 Å². The molecule has 0 aromatic heterocycles. The Labute approximate surface area is 97.4 Å². The Balaban J connectivity index is 2.70. The van der Waals surface area contributed by atoms with Gasteiger partial charge in [0, 0.05) is 10.9 Å². The number of rotatable bonds is 5. The van der Waals surface area contributed by atoms with Crippen molar-refractivity contribution in [2.45, 2.75) is 38.1 Å². The number of thioether (sulfide) groups is 1. The first-order chi connectivity index (χ1) is 7.19. The molecular formula is C13H21NS. The van der Waals surface area contributed by atoms with Crippen molar-refractivity contribution in [3.8, 4) is 0 Å². The van der Waals surface area contributed by atoms with E-state index in [0.29, 0.717) is 5.92 Å². The van der Waals surface area contributed by atoms with Gasteiger partial charge in [0.2, 0.25) is 0 Å². The minimum atomic E-state index is 0.177. The van der Waals surface area contributed by atoms with Crippen LogP contribution in [-0.4, -0.2) is 5.75 Å². The van der Waals surface area contributed by atoms with E-state index in [1.54, 1.807) is 0 Å². The van der Waals surface area contributed by atoms with Gasteiger partial charge in [-0.25, -0.2) is 0 Å². The van der Waals surface area contributed by atoms with E-state index in [1.807, 2.05) is 11.8 Å². The van der Waals surface area contributed by atoms with Gasteiger partial charge >= 0.3 is 0 Å². The van der Waals surface area contributed by atoms with Crippen molar-refractivity contribution in [2.24, 2.45) is 11.7 Å². The normalized spacial score (nSPS) is 14.9. The molecule has 0 fully saturated rings. The largest absolute Gasteiger partial charge is 0.324 e. The average molecular weight is 223 g/mol. The van der Waals surface area contributed by atoms with Gasteiger partial charge in [0.25, 0.3) is 0 Å². The molecule has 2 N–H and O–H groups in total. The molecule has 0 heterocycles. The molecule has 0 saturated carbocycles. The third-order valence-corrected chi connectivity index (χ3v) is 3.73. The lowest BCUT2D eigenvalue weighted by molar-refractivity contribution is 0.456. The summed E-state index contributed by atoms with van der Waals surface area (Å²) in [5.41, 5.74) is 7.42. The van der Waals surface area contributed by atoms with Gasteiger partial charge in [-0.1, -0.05) is 39.3 Å². The van der Waals surface area contributed by atoms with Crippen LogP contribution >= 0.6 is 11.8 Å². The topological polar surface area (TPSA) is 26.0 Å². The van der Waals surface area contributed by atoms with Crippen molar-refractivity contribution in [2.75, 3.05) is 5.75 Å². The quantitative estimate of drug-likeness (QED) is 0.767. The third kappa shape index (κ3) is 3.54. The highest BCUT2D eigenvalue weighted by Gasteiger charge is 2.12. The molecule has 0 radical (unpaired) electrons. The first-order valence-corrected chi connectivity index (χ1v) is 6.65. The summed E-state index contributed by atoms with van der Waals surface area (Å²) >= 11 is 1.87. The van der Waals surface area contributed by atoms with E-state index in [1.165, 1.54) is 10.5 Å².